The van der Waals surface area contributed by atoms with Crippen LogP contribution in [0.25, 0.3) is 11.0 Å². The molecule has 1 aromatic heterocycles. The SMILES string of the molecule is O=C(NC1CC2CCC1C2)c1cnc2ccccc2n1. The highest BCUT2D eigenvalue weighted by molar-refractivity contribution is 5.94. The van der Waals surface area contributed by atoms with Crippen molar-refractivity contribution in [2.75, 3.05) is 0 Å². The molecule has 2 bridgehead atoms. The van der Waals surface area contributed by atoms with E-state index in [9.17, 15) is 4.79 Å². The topological polar surface area (TPSA) is 54.9 Å². The number of carbonyl (C=O) groups is 1. The van der Waals surface area contributed by atoms with Crippen LogP contribution in [-0.4, -0.2) is 21.9 Å². The zero-order chi connectivity index (χ0) is 13.5. The number of aromatic nitrogens is 2. The van der Waals surface area contributed by atoms with Crippen molar-refractivity contribution >= 4 is 16.9 Å². The van der Waals surface area contributed by atoms with Gasteiger partial charge in [0.25, 0.3) is 5.91 Å². The first-order valence-electron chi connectivity index (χ1n) is 7.32. The van der Waals surface area contributed by atoms with Gasteiger partial charge in [0, 0.05) is 6.04 Å². The fourth-order valence-electron chi connectivity index (χ4n) is 3.73. The monoisotopic (exact) mass is 267 g/mol. The second-order valence-electron chi connectivity index (χ2n) is 6.00. The molecule has 0 radical (unpaired) electrons. The molecule has 4 nitrogen and oxygen atoms in total. The van der Waals surface area contributed by atoms with E-state index in [1.54, 1.807) is 6.20 Å². The van der Waals surface area contributed by atoms with E-state index in [0.717, 1.165) is 23.4 Å². The highest BCUT2D eigenvalue weighted by atomic mass is 16.1. The van der Waals surface area contributed by atoms with Gasteiger partial charge in [0.1, 0.15) is 5.69 Å². The number of hydrogen-bond donors (Lipinski definition) is 1. The lowest BCUT2D eigenvalue weighted by Gasteiger charge is -2.22. The van der Waals surface area contributed by atoms with E-state index in [-0.39, 0.29) is 5.91 Å². The zero-order valence-electron chi connectivity index (χ0n) is 11.2. The summed E-state index contributed by atoms with van der Waals surface area (Å²) < 4.78 is 0. The van der Waals surface area contributed by atoms with Crippen LogP contribution >= 0.6 is 0 Å². The summed E-state index contributed by atoms with van der Waals surface area (Å²) in [4.78, 5) is 21.0. The Hall–Kier alpha value is -1.97. The number of nitrogens with zero attached hydrogens (tertiary/aromatic N) is 2. The van der Waals surface area contributed by atoms with Gasteiger partial charge in [-0.2, -0.15) is 0 Å². The third kappa shape index (κ3) is 1.96. The Morgan fingerprint density at radius 2 is 2.00 bits per heavy atom. The third-order valence-corrected chi connectivity index (χ3v) is 4.74. The molecule has 0 aliphatic heterocycles. The summed E-state index contributed by atoms with van der Waals surface area (Å²) >= 11 is 0. The van der Waals surface area contributed by atoms with Crippen LogP contribution in [0.1, 0.15) is 36.2 Å². The number of nitrogens with one attached hydrogen (secondary N) is 1. The Bertz CT molecular complexity index is 670. The van der Waals surface area contributed by atoms with E-state index in [1.165, 1.54) is 19.3 Å². The second kappa shape index (κ2) is 4.54. The zero-order valence-corrected chi connectivity index (χ0v) is 11.2. The minimum absolute atomic E-state index is 0.0826. The second-order valence-corrected chi connectivity index (χ2v) is 6.00. The number of hydrogen-bond acceptors (Lipinski definition) is 3. The van der Waals surface area contributed by atoms with Gasteiger partial charge < -0.3 is 5.32 Å². The number of carbonyl (C=O) groups excluding carboxylic acids is 1. The summed E-state index contributed by atoms with van der Waals surface area (Å²) in [5, 5.41) is 3.15. The van der Waals surface area contributed by atoms with E-state index >= 15 is 0 Å². The molecule has 2 aliphatic carbocycles. The lowest BCUT2D eigenvalue weighted by atomic mass is 9.95. The molecule has 102 valence electrons. The average Bonchev–Trinajstić information content (AvgIpc) is 3.09. The van der Waals surface area contributed by atoms with Crippen molar-refractivity contribution < 1.29 is 4.79 Å². The molecule has 3 atom stereocenters. The third-order valence-electron chi connectivity index (χ3n) is 4.74. The molecule has 2 aliphatic rings. The maximum Gasteiger partial charge on any atom is 0.271 e. The maximum absolute atomic E-state index is 12.3. The molecule has 20 heavy (non-hydrogen) atoms. The first-order chi connectivity index (χ1) is 9.79. The van der Waals surface area contributed by atoms with Gasteiger partial charge in [-0.3, -0.25) is 9.78 Å². The Kier molecular flexibility index (Phi) is 2.69. The summed E-state index contributed by atoms with van der Waals surface area (Å²) in [5.41, 5.74) is 2.02. The predicted octanol–water partition coefficient (Wildman–Crippen LogP) is 2.55. The van der Waals surface area contributed by atoms with Crippen LogP contribution in [0.3, 0.4) is 0 Å². The number of para-hydroxylation sites is 2. The fraction of sp³-hybridized carbons (Fsp3) is 0.438. The Labute approximate surface area is 117 Å². The van der Waals surface area contributed by atoms with Crippen molar-refractivity contribution in [2.24, 2.45) is 11.8 Å². The molecule has 1 N–H and O–H groups in total. The normalized spacial score (nSPS) is 27.9. The lowest BCUT2D eigenvalue weighted by molar-refractivity contribution is 0.0918. The molecular weight excluding hydrogens is 250 g/mol. The van der Waals surface area contributed by atoms with Crippen LogP contribution in [0.5, 0.6) is 0 Å². The molecule has 1 aromatic carbocycles. The van der Waals surface area contributed by atoms with E-state index in [0.29, 0.717) is 17.7 Å². The molecule has 2 fully saturated rings. The van der Waals surface area contributed by atoms with Gasteiger partial charge in [-0.15, -0.1) is 0 Å². The molecule has 1 amide bonds. The van der Waals surface area contributed by atoms with Crippen molar-refractivity contribution in [3.63, 3.8) is 0 Å². The van der Waals surface area contributed by atoms with Gasteiger partial charge in [-0.1, -0.05) is 18.6 Å². The molecule has 2 aromatic rings. The standard InChI is InChI=1S/C16H17N3O/c20-16(19-14-8-10-5-6-11(14)7-10)15-9-17-12-3-1-2-4-13(12)18-15/h1-4,9-11,14H,5-8H2,(H,19,20). The maximum atomic E-state index is 12.3. The van der Waals surface area contributed by atoms with E-state index in [1.807, 2.05) is 24.3 Å². The molecule has 0 spiro atoms. The summed E-state index contributed by atoms with van der Waals surface area (Å²) in [6.45, 7) is 0. The molecule has 2 saturated carbocycles. The number of fused-ring (bicyclic) bond motifs is 3. The average molecular weight is 267 g/mol. The summed E-state index contributed by atoms with van der Waals surface area (Å²) in [5.74, 6) is 1.42. The number of amides is 1. The van der Waals surface area contributed by atoms with Crippen molar-refractivity contribution in [1.82, 2.24) is 15.3 Å². The molecule has 1 heterocycles. The van der Waals surface area contributed by atoms with Gasteiger partial charge in [0.05, 0.1) is 17.2 Å². The molecular formula is C16H17N3O. The van der Waals surface area contributed by atoms with Crippen molar-refractivity contribution in [2.45, 2.75) is 31.7 Å². The Morgan fingerprint density at radius 3 is 2.75 bits per heavy atom. The van der Waals surface area contributed by atoms with Crippen molar-refractivity contribution in [3.05, 3.63) is 36.2 Å². The van der Waals surface area contributed by atoms with Crippen LogP contribution in [0.4, 0.5) is 0 Å². The van der Waals surface area contributed by atoms with Crippen LogP contribution in [0.15, 0.2) is 30.5 Å². The van der Waals surface area contributed by atoms with Gasteiger partial charge in [-0.25, -0.2) is 4.98 Å². The fourth-order valence-corrected chi connectivity index (χ4v) is 3.73. The van der Waals surface area contributed by atoms with E-state index in [4.69, 9.17) is 0 Å². The minimum Gasteiger partial charge on any atom is -0.348 e. The highest BCUT2D eigenvalue weighted by Gasteiger charge is 2.40. The molecule has 4 rings (SSSR count). The van der Waals surface area contributed by atoms with Crippen LogP contribution in [-0.2, 0) is 0 Å². The quantitative estimate of drug-likeness (QED) is 0.909. The number of rotatable bonds is 2. The number of benzene rings is 1. The Balaban J connectivity index is 1.54. The van der Waals surface area contributed by atoms with E-state index in [2.05, 4.69) is 15.3 Å². The lowest BCUT2D eigenvalue weighted by Crippen LogP contribution is -2.38. The highest BCUT2D eigenvalue weighted by Crippen LogP contribution is 2.44. The van der Waals surface area contributed by atoms with Crippen molar-refractivity contribution in [3.8, 4) is 0 Å². The smallest absolute Gasteiger partial charge is 0.271 e. The van der Waals surface area contributed by atoms with Crippen LogP contribution in [0.2, 0.25) is 0 Å². The first-order valence-corrected chi connectivity index (χ1v) is 7.32. The largest absolute Gasteiger partial charge is 0.348 e. The van der Waals surface area contributed by atoms with Crippen molar-refractivity contribution in [1.29, 1.82) is 0 Å². The molecule has 3 unspecified atom stereocenters. The summed E-state index contributed by atoms with van der Waals surface area (Å²) in [6.07, 6.45) is 6.60. The van der Waals surface area contributed by atoms with E-state index < -0.39 is 0 Å². The van der Waals surface area contributed by atoms with Gasteiger partial charge in [-0.05, 0) is 43.2 Å². The minimum atomic E-state index is -0.0826. The summed E-state index contributed by atoms with van der Waals surface area (Å²) in [7, 11) is 0. The summed E-state index contributed by atoms with van der Waals surface area (Å²) in [6, 6.07) is 7.96. The predicted molar refractivity (Wildman–Crippen MR) is 76.2 cm³/mol. The van der Waals surface area contributed by atoms with Crippen LogP contribution < -0.4 is 5.32 Å². The Morgan fingerprint density at radius 1 is 1.15 bits per heavy atom. The van der Waals surface area contributed by atoms with Gasteiger partial charge in [0.2, 0.25) is 0 Å². The van der Waals surface area contributed by atoms with Crippen LogP contribution in [0, 0.1) is 11.8 Å². The molecule has 4 heteroatoms. The van der Waals surface area contributed by atoms with Gasteiger partial charge >= 0.3 is 0 Å². The first kappa shape index (κ1) is 11.8. The van der Waals surface area contributed by atoms with Gasteiger partial charge in [0.15, 0.2) is 0 Å². The molecule has 0 saturated heterocycles.